The van der Waals surface area contributed by atoms with Gasteiger partial charge in [0, 0.05) is 6.20 Å². The first-order valence-corrected chi connectivity index (χ1v) is 6.77. The SMILES string of the molecule is Cc1ncc(COc2ccc([C@@H](C)O)cc2Cl)s1. The number of rotatable bonds is 4. The smallest absolute Gasteiger partial charge is 0.138 e. The minimum Gasteiger partial charge on any atom is -0.486 e. The second-order valence-electron chi connectivity index (χ2n) is 4.00. The van der Waals surface area contributed by atoms with Crippen molar-refractivity contribution in [3.05, 3.63) is 44.9 Å². The van der Waals surface area contributed by atoms with Crippen molar-refractivity contribution in [2.45, 2.75) is 26.6 Å². The molecule has 0 aliphatic carbocycles. The number of aliphatic hydroxyl groups excluding tert-OH is 1. The maximum Gasteiger partial charge on any atom is 0.138 e. The van der Waals surface area contributed by atoms with Gasteiger partial charge in [-0.3, -0.25) is 0 Å². The molecule has 0 radical (unpaired) electrons. The lowest BCUT2D eigenvalue weighted by Crippen LogP contribution is -1.96. The summed E-state index contributed by atoms with van der Waals surface area (Å²) in [5, 5.41) is 11.0. The van der Waals surface area contributed by atoms with Gasteiger partial charge in [-0.1, -0.05) is 17.7 Å². The third kappa shape index (κ3) is 3.22. The number of benzene rings is 1. The molecule has 5 heteroatoms. The predicted molar refractivity (Wildman–Crippen MR) is 73.3 cm³/mol. The van der Waals surface area contributed by atoms with E-state index in [2.05, 4.69) is 4.98 Å². The maximum atomic E-state index is 9.44. The summed E-state index contributed by atoms with van der Waals surface area (Å²) in [5.74, 6) is 0.618. The Labute approximate surface area is 115 Å². The Morgan fingerprint density at radius 1 is 1.50 bits per heavy atom. The van der Waals surface area contributed by atoms with Crippen LogP contribution in [0.3, 0.4) is 0 Å². The van der Waals surface area contributed by atoms with E-state index in [1.54, 1.807) is 36.6 Å². The van der Waals surface area contributed by atoms with Gasteiger partial charge in [-0.15, -0.1) is 11.3 Å². The van der Waals surface area contributed by atoms with E-state index in [4.69, 9.17) is 16.3 Å². The molecule has 0 saturated heterocycles. The Balaban J connectivity index is 2.05. The van der Waals surface area contributed by atoms with Gasteiger partial charge >= 0.3 is 0 Å². The highest BCUT2D eigenvalue weighted by Crippen LogP contribution is 2.28. The summed E-state index contributed by atoms with van der Waals surface area (Å²) in [6.07, 6.45) is 1.28. The van der Waals surface area contributed by atoms with E-state index in [-0.39, 0.29) is 0 Å². The highest BCUT2D eigenvalue weighted by Gasteiger charge is 2.07. The summed E-state index contributed by atoms with van der Waals surface area (Å²) < 4.78 is 5.63. The van der Waals surface area contributed by atoms with Gasteiger partial charge in [0.1, 0.15) is 12.4 Å². The van der Waals surface area contributed by atoms with Crippen molar-refractivity contribution in [3.8, 4) is 5.75 Å². The van der Waals surface area contributed by atoms with E-state index < -0.39 is 6.10 Å². The van der Waals surface area contributed by atoms with Crippen LogP contribution in [-0.2, 0) is 6.61 Å². The van der Waals surface area contributed by atoms with E-state index in [1.807, 2.05) is 13.0 Å². The van der Waals surface area contributed by atoms with Crippen molar-refractivity contribution >= 4 is 22.9 Å². The second-order valence-corrected chi connectivity index (χ2v) is 5.73. The third-order valence-electron chi connectivity index (χ3n) is 2.48. The Morgan fingerprint density at radius 2 is 2.28 bits per heavy atom. The number of halogens is 1. The van der Waals surface area contributed by atoms with Crippen molar-refractivity contribution in [1.29, 1.82) is 0 Å². The standard InChI is InChI=1S/C13H14ClNO2S/c1-8(16)10-3-4-13(12(14)5-10)17-7-11-6-15-9(2)18-11/h3-6,8,16H,7H2,1-2H3/t8-/m1/s1. The van der Waals surface area contributed by atoms with Crippen molar-refractivity contribution in [2.75, 3.05) is 0 Å². The molecular weight excluding hydrogens is 270 g/mol. The normalized spacial score (nSPS) is 12.4. The predicted octanol–water partition coefficient (Wildman–Crippen LogP) is 3.74. The summed E-state index contributed by atoms with van der Waals surface area (Å²) >= 11 is 7.70. The van der Waals surface area contributed by atoms with Crippen LogP contribution in [0.5, 0.6) is 5.75 Å². The van der Waals surface area contributed by atoms with Gasteiger partial charge in [0.05, 0.1) is 21.0 Å². The first kappa shape index (κ1) is 13.3. The summed E-state index contributed by atoms with van der Waals surface area (Å²) in [6.45, 7) is 4.12. The fourth-order valence-corrected chi connectivity index (χ4v) is 2.47. The number of thiazole rings is 1. The van der Waals surface area contributed by atoms with E-state index in [0.29, 0.717) is 17.4 Å². The lowest BCUT2D eigenvalue weighted by Gasteiger charge is -2.10. The number of hydrogen-bond acceptors (Lipinski definition) is 4. The van der Waals surface area contributed by atoms with Gasteiger partial charge in [0.15, 0.2) is 0 Å². The molecule has 18 heavy (non-hydrogen) atoms. The molecule has 0 fully saturated rings. The van der Waals surface area contributed by atoms with E-state index >= 15 is 0 Å². The number of aliphatic hydroxyl groups is 1. The molecule has 1 atom stereocenters. The second kappa shape index (κ2) is 5.69. The molecule has 0 aliphatic rings. The van der Waals surface area contributed by atoms with Crippen LogP contribution in [0, 0.1) is 6.92 Å². The first-order valence-electron chi connectivity index (χ1n) is 5.58. The number of hydrogen-bond donors (Lipinski definition) is 1. The van der Waals surface area contributed by atoms with Gasteiger partial charge in [-0.05, 0) is 31.5 Å². The summed E-state index contributed by atoms with van der Waals surface area (Å²) in [7, 11) is 0. The van der Waals surface area contributed by atoms with Crippen molar-refractivity contribution in [1.82, 2.24) is 4.98 Å². The van der Waals surface area contributed by atoms with E-state index in [9.17, 15) is 5.11 Å². The van der Waals surface area contributed by atoms with Gasteiger partial charge in [-0.25, -0.2) is 4.98 Å². The Morgan fingerprint density at radius 3 is 2.83 bits per heavy atom. The van der Waals surface area contributed by atoms with Crippen LogP contribution < -0.4 is 4.74 Å². The number of aryl methyl sites for hydroxylation is 1. The Bertz CT molecular complexity index is 540. The van der Waals surface area contributed by atoms with Gasteiger partial charge < -0.3 is 9.84 Å². The lowest BCUT2D eigenvalue weighted by molar-refractivity contribution is 0.199. The molecular formula is C13H14ClNO2S. The van der Waals surface area contributed by atoms with Crippen LogP contribution >= 0.6 is 22.9 Å². The first-order chi connectivity index (χ1) is 8.56. The van der Waals surface area contributed by atoms with E-state index in [0.717, 1.165) is 15.4 Å². The van der Waals surface area contributed by atoms with E-state index in [1.165, 1.54) is 0 Å². The molecule has 3 nitrogen and oxygen atoms in total. The molecule has 0 saturated carbocycles. The van der Waals surface area contributed by atoms with Crippen molar-refractivity contribution < 1.29 is 9.84 Å². The van der Waals surface area contributed by atoms with Crippen LogP contribution in [0.2, 0.25) is 5.02 Å². The van der Waals surface area contributed by atoms with Crippen molar-refractivity contribution in [2.24, 2.45) is 0 Å². The number of ether oxygens (including phenoxy) is 1. The Hall–Kier alpha value is -1.10. The third-order valence-corrected chi connectivity index (χ3v) is 3.66. The number of aromatic nitrogens is 1. The lowest BCUT2D eigenvalue weighted by atomic mass is 10.1. The average molecular weight is 284 g/mol. The molecule has 96 valence electrons. The molecule has 2 aromatic rings. The fourth-order valence-electron chi connectivity index (χ4n) is 1.51. The zero-order valence-corrected chi connectivity index (χ0v) is 11.8. The molecule has 0 aliphatic heterocycles. The largest absolute Gasteiger partial charge is 0.486 e. The zero-order valence-electron chi connectivity index (χ0n) is 10.2. The van der Waals surface area contributed by atoms with Crippen LogP contribution in [0.25, 0.3) is 0 Å². The maximum absolute atomic E-state index is 9.44. The molecule has 1 heterocycles. The van der Waals surface area contributed by atoms with Gasteiger partial charge in [0.25, 0.3) is 0 Å². The minimum atomic E-state index is -0.527. The molecule has 1 aromatic heterocycles. The quantitative estimate of drug-likeness (QED) is 0.929. The minimum absolute atomic E-state index is 0.458. The van der Waals surface area contributed by atoms with Crippen LogP contribution in [0.15, 0.2) is 24.4 Å². The molecule has 0 unspecified atom stereocenters. The molecule has 0 bridgehead atoms. The topological polar surface area (TPSA) is 42.4 Å². The Kier molecular flexibility index (Phi) is 4.22. The monoisotopic (exact) mass is 283 g/mol. The van der Waals surface area contributed by atoms with Gasteiger partial charge in [-0.2, -0.15) is 0 Å². The molecule has 1 N–H and O–H groups in total. The number of nitrogens with zero attached hydrogens (tertiary/aromatic N) is 1. The van der Waals surface area contributed by atoms with Crippen LogP contribution in [-0.4, -0.2) is 10.1 Å². The molecule has 0 spiro atoms. The summed E-state index contributed by atoms with van der Waals surface area (Å²) in [6, 6.07) is 5.31. The fraction of sp³-hybridized carbons (Fsp3) is 0.308. The highest BCUT2D eigenvalue weighted by atomic mass is 35.5. The van der Waals surface area contributed by atoms with Gasteiger partial charge in [0.2, 0.25) is 0 Å². The molecule has 2 rings (SSSR count). The highest BCUT2D eigenvalue weighted by molar-refractivity contribution is 7.11. The average Bonchev–Trinajstić information content (AvgIpc) is 2.73. The van der Waals surface area contributed by atoms with Crippen LogP contribution in [0.1, 0.15) is 28.5 Å². The van der Waals surface area contributed by atoms with Crippen molar-refractivity contribution in [3.63, 3.8) is 0 Å². The zero-order chi connectivity index (χ0) is 13.1. The summed E-state index contributed by atoms with van der Waals surface area (Å²) in [4.78, 5) is 5.22. The summed E-state index contributed by atoms with van der Waals surface area (Å²) in [5.41, 5.74) is 0.779. The molecule has 1 aromatic carbocycles. The van der Waals surface area contributed by atoms with Crippen LogP contribution in [0.4, 0.5) is 0 Å². The molecule has 0 amide bonds.